The maximum absolute atomic E-state index is 13.6. The first-order chi connectivity index (χ1) is 10.2. The van der Waals surface area contributed by atoms with Crippen molar-refractivity contribution in [3.05, 3.63) is 52.6 Å². The van der Waals surface area contributed by atoms with Gasteiger partial charge < -0.3 is 9.88 Å². The number of aromatic nitrogens is 1. The molecule has 1 aromatic heterocycles. The van der Waals surface area contributed by atoms with Gasteiger partial charge in [0.05, 0.1) is 5.39 Å². The van der Waals surface area contributed by atoms with E-state index in [1.54, 1.807) is 12.1 Å². The van der Waals surface area contributed by atoms with Crippen LogP contribution >= 0.6 is 0 Å². The van der Waals surface area contributed by atoms with Gasteiger partial charge in [-0.3, -0.25) is 4.79 Å². The number of likely N-dealkylation sites (tertiary alicyclic amines) is 1. The van der Waals surface area contributed by atoms with Crippen molar-refractivity contribution in [2.24, 2.45) is 0 Å². The molecule has 1 aromatic carbocycles. The Labute approximate surface area is 123 Å². The molecule has 1 fully saturated rings. The average molecular weight is 287 g/mol. The Kier molecular flexibility index (Phi) is 4.34. The van der Waals surface area contributed by atoms with Gasteiger partial charge in [-0.1, -0.05) is 12.1 Å². The minimum absolute atomic E-state index is 0.160. The number of nitrogens with one attached hydrogen (secondary N) is 1. The summed E-state index contributed by atoms with van der Waals surface area (Å²) in [5.74, 6) is -0.454. The van der Waals surface area contributed by atoms with E-state index in [0.717, 1.165) is 38.2 Å². The summed E-state index contributed by atoms with van der Waals surface area (Å²) in [5.41, 5.74) is 0.565. The van der Waals surface area contributed by atoms with Crippen LogP contribution < -0.4 is 5.56 Å². The van der Waals surface area contributed by atoms with Crippen molar-refractivity contribution < 1.29 is 4.39 Å². The minimum Gasteiger partial charge on any atom is -0.326 e. The van der Waals surface area contributed by atoms with Gasteiger partial charge in [-0.05, 0) is 69.3 Å². The lowest BCUT2D eigenvalue weighted by molar-refractivity contribution is 0.251. The summed E-state index contributed by atoms with van der Waals surface area (Å²) in [4.78, 5) is 17.2. The molecule has 0 atom stereocenters. The quantitative estimate of drug-likeness (QED) is 0.938. The monoisotopic (exact) mass is 287 g/mol. The van der Waals surface area contributed by atoms with Crippen molar-refractivity contribution in [2.75, 3.05) is 19.6 Å². The second-order valence-electron chi connectivity index (χ2n) is 5.64. The van der Waals surface area contributed by atoms with E-state index in [4.69, 9.17) is 0 Å². The summed E-state index contributed by atoms with van der Waals surface area (Å²) in [6.07, 6.45) is 6.52. The van der Waals surface area contributed by atoms with Crippen LogP contribution in [0.5, 0.6) is 0 Å². The molecule has 111 valence electrons. The van der Waals surface area contributed by atoms with Crippen molar-refractivity contribution in [2.45, 2.75) is 25.7 Å². The van der Waals surface area contributed by atoms with Crippen LogP contribution in [0.15, 0.2) is 29.1 Å². The normalized spacial score (nSPS) is 16.4. The smallest absolute Gasteiger partial charge is 0.258 e. The highest BCUT2D eigenvalue weighted by atomic mass is 19.1. The van der Waals surface area contributed by atoms with Gasteiger partial charge in [0, 0.05) is 5.69 Å². The number of rotatable bonds is 4. The molecular formula is C17H20FN2O. The minimum atomic E-state index is -0.454. The zero-order valence-electron chi connectivity index (χ0n) is 12.1. The summed E-state index contributed by atoms with van der Waals surface area (Å²) in [7, 11) is 0. The highest BCUT2D eigenvalue weighted by molar-refractivity contribution is 5.82. The molecule has 1 N–H and O–H groups in total. The van der Waals surface area contributed by atoms with Gasteiger partial charge in [-0.15, -0.1) is 0 Å². The first kappa shape index (κ1) is 14.3. The topological polar surface area (TPSA) is 36.1 Å². The van der Waals surface area contributed by atoms with Crippen LogP contribution in [0.1, 0.15) is 25.0 Å². The van der Waals surface area contributed by atoms with Crippen molar-refractivity contribution in [1.82, 2.24) is 9.88 Å². The van der Waals surface area contributed by atoms with Crippen molar-refractivity contribution in [3.8, 4) is 0 Å². The Hall–Kier alpha value is -1.68. The van der Waals surface area contributed by atoms with E-state index in [9.17, 15) is 9.18 Å². The Bertz CT molecular complexity index is 674. The second-order valence-corrected chi connectivity index (χ2v) is 5.64. The fraction of sp³-hybridized carbons (Fsp3) is 0.412. The number of pyridine rings is 1. The van der Waals surface area contributed by atoms with E-state index in [1.807, 2.05) is 6.07 Å². The molecule has 1 aliphatic rings. The third-order valence-electron chi connectivity index (χ3n) is 4.10. The van der Waals surface area contributed by atoms with Crippen molar-refractivity contribution >= 4 is 10.8 Å². The van der Waals surface area contributed by atoms with Crippen LogP contribution in [0.25, 0.3) is 10.8 Å². The number of aromatic amines is 1. The lowest BCUT2D eigenvalue weighted by Gasteiger charge is -2.26. The zero-order valence-corrected chi connectivity index (χ0v) is 12.1. The first-order valence-corrected chi connectivity index (χ1v) is 7.58. The standard InChI is InChI=1S/C17H20FN2O/c18-15-8-4-6-13-12-14(19-17(21)16(13)15)7-5-11-20-9-2-1-3-10-20/h1,4,6,8,12H,2-3,5,7,9-11H2,(H,19,21). The molecule has 4 heteroatoms. The Morgan fingerprint density at radius 3 is 2.86 bits per heavy atom. The number of benzene rings is 1. The highest BCUT2D eigenvalue weighted by Crippen LogP contribution is 2.15. The molecule has 2 heterocycles. The Balaban J connectivity index is 1.68. The number of hydrogen-bond acceptors (Lipinski definition) is 2. The molecule has 0 unspecified atom stereocenters. The third-order valence-corrected chi connectivity index (χ3v) is 4.10. The second kappa shape index (κ2) is 6.39. The maximum atomic E-state index is 13.6. The summed E-state index contributed by atoms with van der Waals surface area (Å²) in [6, 6.07) is 6.65. The molecule has 1 aliphatic heterocycles. The fourth-order valence-electron chi connectivity index (χ4n) is 2.99. The molecule has 1 saturated heterocycles. The van der Waals surface area contributed by atoms with Crippen LogP contribution in [0.2, 0.25) is 0 Å². The lowest BCUT2D eigenvalue weighted by Crippen LogP contribution is -2.31. The number of hydrogen-bond donors (Lipinski definition) is 1. The summed E-state index contributed by atoms with van der Waals surface area (Å²) < 4.78 is 13.6. The van der Waals surface area contributed by atoms with Crippen LogP contribution in [-0.2, 0) is 6.42 Å². The number of halogens is 1. The summed E-state index contributed by atoms with van der Waals surface area (Å²) in [5, 5.41) is 0.842. The molecule has 0 aliphatic carbocycles. The van der Waals surface area contributed by atoms with Gasteiger partial charge in [0.1, 0.15) is 5.82 Å². The van der Waals surface area contributed by atoms with Crippen molar-refractivity contribution in [3.63, 3.8) is 0 Å². The molecule has 2 aromatic rings. The fourth-order valence-corrected chi connectivity index (χ4v) is 2.99. The van der Waals surface area contributed by atoms with Gasteiger partial charge in [0.2, 0.25) is 0 Å². The molecule has 21 heavy (non-hydrogen) atoms. The number of H-pyrrole nitrogens is 1. The van der Waals surface area contributed by atoms with Crippen LogP contribution in [0.3, 0.4) is 0 Å². The van der Waals surface area contributed by atoms with E-state index >= 15 is 0 Å². The predicted molar refractivity (Wildman–Crippen MR) is 82.8 cm³/mol. The highest BCUT2D eigenvalue weighted by Gasteiger charge is 2.10. The summed E-state index contributed by atoms with van der Waals surface area (Å²) in [6.45, 7) is 3.33. The average Bonchev–Trinajstić information content (AvgIpc) is 2.48. The number of fused-ring (bicyclic) bond motifs is 1. The summed E-state index contributed by atoms with van der Waals surface area (Å²) >= 11 is 0. The van der Waals surface area contributed by atoms with E-state index in [1.165, 1.54) is 18.9 Å². The molecular weight excluding hydrogens is 267 g/mol. The maximum Gasteiger partial charge on any atom is 0.258 e. The molecule has 0 saturated carbocycles. The number of piperidine rings is 1. The zero-order chi connectivity index (χ0) is 14.7. The van der Waals surface area contributed by atoms with Gasteiger partial charge in [-0.25, -0.2) is 4.39 Å². The van der Waals surface area contributed by atoms with E-state index < -0.39 is 5.82 Å². The molecule has 3 nitrogen and oxygen atoms in total. The predicted octanol–water partition coefficient (Wildman–Crippen LogP) is 2.90. The largest absolute Gasteiger partial charge is 0.326 e. The Morgan fingerprint density at radius 2 is 2.05 bits per heavy atom. The van der Waals surface area contributed by atoms with Gasteiger partial charge in [0.25, 0.3) is 5.56 Å². The molecule has 0 bridgehead atoms. The van der Waals surface area contributed by atoms with Gasteiger partial charge in [0.15, 0.2) is 0 Å². The Morgan fingerprint density at radius 1 is 1.24 bits per heavy atom. The van der Waals surface area contributed by atoms with Crippen LogP contribution in [0, 0.1) is 12.2 Å². The van der Waals surface area contributed by atoms with E-state index in [-0.39, 0.29) is 10.9 Å². The van der Waals surface area contributed by atoms with Crippen molar-refractivity contribution in [1.29, 1.82) is 0 Å². The lowest BCUT2D eigenvalue weighted by atomic mass is 10.1. The number of nitrogens with zero attached hydrogens (tertiary/aromatic N) is 1. The molecule has 1 radical (unpaired) electrons. The first-order valence-electron chi connectivity index (χ1n) is 7.58. The van der Waals surface area contributed by atoms with Crippen LogP contribution in [0.4, 0.5) is 4.39 Å². The van der Waals surface area contributed by atoms with Crippen LogP contribution in [-0.4, -0.2) is 29.5 Å². The number of aryl methyl sites for hydroxylation is 1. The molecule has 0 spiro atoms. The van der Waals surface area contributed by atoms with Gasteiger partial charge >= 0.3 is 0 Å². The van der Waals surface area contributed by atoms with E-state index in [2.05, 4.69) is 16.3 Å². The SMILES string of the molecule is O=c1[nH]c(CCCN2CC[CH]CC2)cc2cccc(F)c12. The van der Waals surface area contributed by atoms with E-state index in [0.29, 0.717) is 5.39 Å². The third kappa shape index (κ3) is 3.32. The molecule has 0 amide bonds. The molecule has 3 rings (SSSR count). The van der Waals surface area contributed by atoms with Gasteiger partial charge in [-0.2, -0.15) is 0 Å².